The van der Waals surface area contributed by atoms with Gasteiger partial charge in [-0.05, 0) is 99.6 Å². The number of carbonyl (C=O) groups is 4. The van der Waals surface area contributed by atoms with Crippen LogP contribution in [0.3, 0.4) is 0 Å². The minimum absolute atomic E-state index is 0.0441. The van der Waals surface area contributed by atoms with Crippen molar-refractivity contribution >= 4 is 41.1 Å². The molecular weight excluding hydrogens is 699 g/mol. The summed E-state index contributed by atoms with van der Waals surface area (Å²) in [7, 11) is 1.58. The Hall–Kier alpha value is -4.82. The fourth-order valence-corrected chi connectivity index (χ4v) is 9.39. The number of benzene rings is 3. The smallest absolute Gasteiger partial charge is 0.249 e. The molecule has 0 saturated carbocycles. The Bertz CT molecular complexity index is 1790. The third kappa shape index (κ3) is 9.64. The molecule has 3 fully saturated rings. The number of nitrogens with one attached hydrogen (secondary N) is 2. The van der Waals surface area contributed by atoms with E-state index in [0.29, 0.717) is 68.7 Å². The molecule has 0 unspecified atom stereocenters. The summed E-state index contributed by atoms with van der Waals surface area (Å²) in [5, 5.41) is 16.0. The first-order chi connectivity index (χ1) is 26.4. The number of piperidine rings is 1. The maximum atomic E-state index is 14.3. The maximum Gasteiger partial charge on any atom is 0.249 e. The Morgan fingerprint density at radius 1 is 0.778 bits per heavy atom. The Kier molecular flexibility index (Phi) is 13.7. The predicted octanol–water partition coefficient (Wildman–Crippen LogP) is 6.05. The first kappa shape index (κ1) is 38.9. The van der Waals surface area contributed by atoms with E-state index in [-0.39, 0.29) is 29.0 Å². The highest BCUT2D eigenvalue weighted by atomic mass is 32.2. The summed E-state index contributed by atoms with van der Waals surface area (Å²) in [5.74, 6) is -0.475. The van der Waals surface area contributed by atoms with Crippen molar-refractivity contribution in [1.82, 2.24) is 15.5 Å². The number of amides is 4. The highest BCUT2D eigenvalue weighted by molar-refractivity contribution is 7.99. The normalized spacial score (nSPS) is 22.8. The van der Waals surface area contributed by atoms with Crippen molar-refractivity contribution in [2.45, 2.75) is 94.1 Å². The van der Waals surface area contributed by atoms with Crippen molar-refractivity contribution in [3.8, 4) is 11.8 Å². The van der Waals surface area contributed by atoms with E-state index in [4.69, 9.17) is 4.74 Å². The summed E-state index contributed by atoms with van der Waals surface area (Å²) in [6.45, 7) is 0.535. The average molecular weight is 750 g/mol. The number of anilines is 1. The van der Waals surface area contributed by atoms with Gasteiger partial charge in [0, 0.05) is 18.4 Å². The molecule has 284 valence electrons. The van der Waals surface area contributed by atoms with Crippen LogP contribution in [0.15, 0.2) is 84.9 Å². The number of ether oxygens (including phenoxy) is 1. The lowest BCUT2D eigenvalue weighted by molar-refractivity contribution is -0.140. The van der Waals surface area contributed by atoms with Gasteiger partial charge in [-0.3, -0.25) is 19.2 Å². The lowest BCUT2D eigenvalue weighted by Gasteiger charge is -2.38. The molecule has 6 rings (SSSR count). The molecule has 0 spiro atoms. The van der Waals surface area contributed by atoms with Crippen LogP contribution in [-0.2, 0) is 32.0 Å². The second-order valence-corrected chi connectivity index (χ2v) is 15.9. The predicted molar refractivity (Wildman–Crippen MR) is 211 cm³/mol. The van der Waals surface area contributed by atoms with Gasteiger partial charge in [-0.15, -0.1) is 11.8 Å². The molecule has 3 aromatic rings. The van der Waals surface area contributed by atoms with E-state index in [1.165, 1.54) is 0 Å². The standard InChI is InChI=1S/C43H51N5O5S/c1-53-38-20-9-8-19-37(38)47-25-11-10-18-35(42(47)51)45-40(49)32(27-30-13-4-2-5-14-30)22-23-33(28-31-15-6-3-7-16-31)41(50)46-36-24-26-54-39-21-12-17-34(29-44)48(39)43(36)52/h2-9,13-16,19-20,32-36,39H,10-12,17-18,21-28H2,1H3,(H,45,49)(H,46,50)/t32-,33-,34+,35+,36+,39+/m1/s1. The highest BCUT2D eigenvalue weighted by Gasteiger charge is 2.41. The molecule has 0 aromatic heterocycles. The number of thioether (sulfide) groups is 1. The number of fused-ring (bicyclic) bond motifs is 1. The minimum Gasteiger partial charge on any atom is -0.495 e. The molecule has 3 aliphatic rings. The average Bonchev–Trinajstić information content (AvgIpc) is 3.48. The van der Waals surface area contributed by atoms with Gasteiger partial charge >= 0.3 is 0 Å². The molecule has 6 atom stereocenters. The van der Waals surface area contributed by atoms with Crippen LogP contribution in [0.1, 0.15) is 68.9 Å². The van der Waals surface area contributed by atoms with Gasteiger partial charge in [0.05, 0.1) is 24.2 Å². The van der Waals surface area contributed by atoms with E-state index >= 15 is 0 Å². The molecule has 2 N–H and O–H groups in total. The quantitative estimate of drug-likeness (QED) is 0.218. The number of methoxy groups -OCH3 is 1. The van der Waals surface area contributed by atoms with Gasteiger partial charge in [0.1, 0.15) is 23.9 Å². The molecule has 0 radical (unpaired) electrons. The van der Waals surface area contributed by atoms with Crippen molar-refractivity contribution < 1.29 is 23.9 Å². The molecule has 3 heterocycles. The molecule has 0 bridgehead atoms. The Morgan fingerprint density at radius 3 is 1.98 bits per heavy atom. The zero-order valence-corrected chi connectivity index (χ0v) is 31.8. The minimum atomic E-state index is -0.710. The number of para-hydroxylation sites is 2. The van der Waals surface area contributed by atoms with Crippen molar-refractivity contribution in [3.63, 3.8) is 0 Å². The molecule has 11 heteroatoms. The number of rotatable bonds is 13. The maximum absolute atomic E-state index is 14.3. The van der Waals surface area contributed by atoms with Crippen LogP contribution in [0.5, 0.6) is 5.75 Å². The van der Waals surface area contributed by atoms with E-state index in [1.807, 2.05) is 84.9 Å². The van der Waals surface area contributed by atoms with Crippen LogP contribution in [-0.4, -0.2) is 71.4 Å². The van der Waals surface area contributed by atoms with E-state index in [9.17, 15) is 24.4 Å². The monoisotopic (exact) mass is 749 g/mol. The van der Waals surface area contributed by atoms with Crippen LogP contribution >= 0.6 is 11.8 Å². The van der Waals surface area contributed by atoms with Crippen LogP contribution in [0.2, 0.25) is 0 Å². The topological polar surface area (TPSA) is 132 Å². The molecule has 3 aliphatic heterocycles. The number of nitrogens with zero attached hydrogens (tertiary/aromatic N) is 3. The van der Waals surface area contributed by atoms with E-state index < -0.39 is 30.0 Å². The van der Waals surface area contributed by atoms with Crippen LogP contribution in [0, 0.1) is 23.2 Å². The number of hydrogen-bond donors (Lipinski definition) is 2. The lowest BCUT2D eigenvalue weighted by Crippen LogP contribution is -2.55. The Labute approximate surface area is 323 Å². The molecule has 54 heavy (non-hydrogen) atoms. The Morgan fingerprint density at radius 2 is 1.37 bits per heavy atom. The van der Waals surface area contributed by atoms with Crippen LogP contribution in [0.25, 0.3) is 0 Å². The molecular formula is C43H51N5O5S. The molecule has 4 amide bonds. The van der Waals surface area contributed by atoms with Gasteiger partial charge in [0.25, 0.3) is 0 Å². The van der Waals surface area contributed by atoms with Crippen LogP contribution in [0.4, 0.5) is 5.69 Å². The summed E-state index contributed by atoms with van der Waals surface area (Å²) in [5.41, 5.74) is 2.67. The summed E-state index contributed by atoms with van der Waals surface area (Å²) in [6.07, 6.45) is 6.73. The van der Waals surface area contributed by atoms with Gasteiger partial charge in [0.15, 0.2) is 0 Å². The lowest BCUT2D eigenvalue weighted by atomic mass is 9.86. The zero-order valence-electron chi connectivity index (χ0n) is 31.0. The van der Waals surface area contributed by atoms with Gasteiger partial charge in [-0.25, -0.2) is 0 Å². The van der Waals surface area contributed by atoms with Crippen molar-refractivity contribution in [2.24, 2.45) is 11.8 Å². The number of nitriles is 1. The largest absolute Gasteiger partial charge is 0.495 e. The molecule has 3 saturated heterocycles. The highest BCUT2D eigenvalue weighted by Crippen LogP contribution is 2.35. The second-order valence-electron chi connectivity index (χ2n) is 14.6. The number of hydrogen-bond acceptors (Lipinski definition) is 7. The SMILES string of the molecule is COc1ccccc1N1CCCC[C@H](NC(=O)[C@H](CC[C@H](Cc2ccccc2)C(=O)N[C@H]2CCS[C@H]3CCC[C@@H](C#N)N3C2=O)Cc2ccccc2)C1=O. The Balaban J connectivity index is 1.20. The van der Waals surface area contributed by atoms with Gasteiger partial charge in [-0.1, -0.05) is 72.8 Å². The van der Waals surface area contributed by atoms with Gasteiger partial charge in [-0.2, -0.15) is 5.26 Å². The molecule has 10 nitrogen and oxygen atoms in total. The fourth-order valence-electron chi connectivity index (χ4n) is 8.01. The van der Waals surface area contributed by atoms with Gasteiger partial charge in [0.2, 0.25) is 23.6 Å². The summed E-state index contributed by atoms with van der Waals surface area (Å²) in [6, 6.07) is 27.5. The van der Waals surface area contributed by atoms with E-state index in [2.05, 4.69) is 16.7 Å². The summed E-state index contributed by atoms with van der Waals surface area (Å²) < 4.78 is 5.57. The van der Waals surface area contributed by atoms with Crippen molar-refractivity contribution in [1.29, 1.82) is 5.26 Å². The van der Waals surface area contributed by atoms with Crippen molar-refractivity contribution in [3.05, 3.63) is 96.1 Å². The summed E-state index contributed by atoms with van der Waals surface area (Å²) >= 11 is 1.69. The second kappa shape index (κ2) is 19.0. The first-order valence-electron chi connectivity index (χ1n) is 19.3. The molecule has 3 aromatic carbocycles. The third-order valence-corrected chi connectivity index (χ3v) is 12.3. The van der Waals surface area contributed by atoms with Crippen molar-refractivity contribution in [2.75, 3.05) is 24.3 Å². The third-order valence-electron chi connectivity index (χ3n) is 10.9. The first-order valence-corrected chi connectivity index (χ1v) is 20.4. The van der Waals surface area contributed by atoms with Crippen LogP contribution < -0.4 is 20.3 Å². The zero-order chi connectivity index (χ0) is 37.9. The fraction of sp³-hybridized carbons (Fsp3) is 0.465. The van der Waals surface area contributed by atoms with E-state index in [1.54, 1.807) is 28.7 Å². The van der Waals surface area contributed by atoms with Gasteiger partial charge < -0.3 is 25.2 Å². The summed E-state index contributed by atoms with van der Waals surface area (Å²) in [4.78, 5) is 59.8. The van der Waals surface area contributed by atoms with E-state index in [0.717, 1.165) is 36.8 Å². The molecule has 0 aliphatic carbocycles. The number of carbonyl (C=O) groups excluding carboxylic acids is 4.